The summed E-state index contributed by atoms with van der Waals surface area (Å²) in [5, 5.41) is 11.9. The van der Waals surface area contributed by atoms with Crippen LogP contribution in [0.4, 0.5) is 14.7 Å². The molecule has 9 nitrogen and oxygen atoms in total. The lowest BCUT2D eigenvalue weighted by molar-refractivity contribution is -0.142. The van der Waals surface area contributed by atoms with Gasteiger partial charge in [0.25, 0.3) is 0 Å². The average molecular weight is 487 g/mol. The van der Waals surface area contributed by atoms with Crippen LogP contribution in [0.1, 0.15) is 40.2 Å². The zero-order valence-corrected chi connectivity index (χ0v) is 20.9. The highest BCUT2D eigenvalue weighted by molar-refractivity contribution is 7.14. The van der Waals surface area contributed by atoms with Crippen LogP contribution in [0.3, 0.4) is 0 Å². The Labute approximate surface area is 202 Å². The Bertz CT molecular complexity index is 1110. The predicted octanol–water partition coefficient (Wildman–Crippen LogP) is 4.03. The molecule has 0 bridgehead atoms. The van der Waals surface area contributed by atoms with Gasteiger partial charge in [0.15, 0.2) is 5.13 Å². The molecule has 2 aliphatic heterocycles. The van der Waals surface area contributed by atoms with Crippen molar-refractivity contribution in [3.05, 3.63) is 35.2 Å². The number of hydrogen-bond acceptors (Lipinski definition) is 6. The second-order valence-corrected chi connectivity index (χ2v) is 11.0. The summed E-state index contributed by atoms with van der Waals surface area (Å²) < 4.78 is 5.49. The highest BCUT2D eigenvalue weighted by Gasteiger charge is 2.43. The average Bonchev–Trinajstić information content (AvgIpc) is 3.37. The van der Waals surface area contributed by atoms with E-state index in [4.69, 9.17) is 4.74 Å². The van der Waals surface area contributed by atoms with Gasteiger partial charge >= 0.3 is 18.1 Å². The van der Waals surface area contributed by atoms with Crippen molar-refractivity contribution in [2.45, 2.75) is 51.7 Å². The number of carboxylic acids is 1. The molecule has 0 radical (unpaired) electrons. The molecule has 0 unspecified atom stereocenters. The highest BCUT2D eigenvalue weighted by atomic mass is 32.1. The van der Waals surface area contributed by atoms with E-state index in [0.717, 1.165) is 11.3 Å². The van der Waals surface area contributed by atoms with Crippen LogP contribution in [0.25, 0.3) is 11.3 Å². The summed E-state index contributed by atoms with van der Waals surface area (Å²) >= 11 is 1.39. The number of rotatable bonds is 4. The number of amides is 3. The number of fused-ring (bicyclic) bond motifs is 1. The first-order valence-electron chi connectivity index (χ1n) is 11.2. The maximum absolute atomic E-state index is 13.0. The summed E-state index contributed by atoms with van der Waals surface area (Å²) in [5.74, 6) is -0.884. The largest absolute Gasteiger partial charge is 0.481 e. The molecule has 2 aromatic rings. The molecule has 1 N–H and O–H groups in total. The Morgan fingerprint density at radius 3 is 2.38 bits per heavy atom. The molecule has 1 aromatic heterocycles. The van der Waals surface area contributed by atoms with Crippen molar-refractivity contribution >= 4 is 34.6 Å². The Morgan fingerprint density at radius 1 is 1.09 bits per heavy atom. The molecule has 182 valence electrons. The van der Waals surface area contributed by atoms with Crippen LogP contribution in [0, 0.1) is 0 Å². The van der Waals surface area contributed by atoms with E-state index in [0.29, 0.717) is 36.9 Å². The van der Waals surface area contributed by atoms with E-state index in [-0.39, 0.29) is 18.2 Å². The van der Waals surface area contributed by atoms with Crippen molar-refractivity contribution in [3.63, 3.8) is 0 Å². The Kier molecular flexibility index (Phi) is 6.05. The maximum Gasteiger partial charge on any atom is 0.410 e. The molecule has 3 heterocycles. The molecule has 0 spiro atoms. The van der Waals surface area contributed by atoms with Gasteiger partial charge in [0.05, 0.1) is 23.7 Å². The van der Waals surface area contributed by atoms with Gasteiger partial charge in [-0.15, -0.1) is 11.3 Å². The van der Waals surface area contributed by atoms with Crippen molar-refractivity contribution in [2.75, 3.05) is 31.1 Å². The van der Waals surface area contributed by atoms with Crippen LogP contribution in [0.5, 0.6) is 0 Å². The highest BCUT2D eigenvalue weighted by Crippen LogP contribution is 2.33. The minimum absolute atomic E-state index is 0.103. The molecule has 4 rings (SSSR count). The first-order chi connectivity index (χ1) is 15.9. The lowest BCUT2D eigenvalue weighted by Gasteiger charge is -2.36. The quantitative estimate of drug-likeness (QED) is 0.700. The van der Waals surface area contributed by atoms with Crippen LogP contribution in [-0.2, 0) is 14.9 Å². The number of urea groups is 1. The summed E-state index contributed by atoms with van der Waals surface area (Å²) in [6.07, 6.45) is -0.357. The third-order valence-corrected chi connectivity index (χ3v) is 7.03. The zero-order chi connectivity index (χ0) is 24.8. The van der Waals surface area contributed by atoms with Gasteiger partial charge in [0, 0.05) is 30.6 Å². The molecule has 1 atom stereocenters. The van der Waals surface area contributed by atoms with Gasteiger partial charge in [0.2, 0.25) is 0 Å². The van der Waals surface area contributed by atoms with E-state index in [1.165, 1.54) is 11.3 Å². The minimum atomic E-state index is -0.980. The summed E-state index contributed by atoms with van der Waals surface area (Å²) in [6, 6.07) is 7.09. The van der Waals surface area contributed by atoms with E-state index < -0.39 is 17.0 Å². The van der Waals surface area contributed by atoms with Crippen LogP contribution in [0.15, 0.2) is 29.6 Å². The fourth-order valence-electron chi connectivity index (χ4n) is 4.06. The van der Waals surface area contributed by atoms with Crippen molar-refractivity contribution in [1.29, 1.82) is 0 Å². The van der Waals surface area contributed by atoms with E-state index in [2.05, 4.69) is 4.98 Å². The van der Waals surface area contributed by atoms with Gasteiger partial charge in [0.1, 0.15) is 5.60 Å². The van der Waals surface area contributed by atoms with Crippen molar-refractivity contribution in [3.8, 4) is 11.3 Å². The molecule has 2 fully saturated rings. The van der Waals surface area contributed by atoms with Crippen LogP contribution in [0.2, 0.25) is 0 Å². The fraction of sp³-hybridized carbons (Fsp3) is 0.500. The number of piperazine rings is 1. The number of ether oxygens (including phenoxy) is 1. The van der Waals surface area contributed by atoms with Crippen LogP contribution < -0.4 is 4.90 Å². The summed E-state index contributed by atoms with van der Waals surface area (Å²) in [6.45, 7) is 10.6. The molecular formula is C24H30N4O5S. The van der Waals surface area contributed by atoms with Gasteiger partial charge in [-0.3, -0.25) is 9.69 Å². The van der Waals surface area contributed by atoms with Gasteiger partial charge in [-0.1, -0.05) is 24.3 Å². The van der Waals surface area contributed by atoms with Crippen LogP contribution in [-0.4, -0.2) is 75.8 Å². The summed E-state index contributed by atoms with van der Waals surface area (Å²) in [5.41, 5.74) is 0.747. The maximum atomic E-state index is 13.0. The Balaban J connectivity index is 1.46. The van der Waals surface area contributed by atoms with Crippen LogP contribution >= 0.6 is 11.3 Å². The Morgan fingerprint density at radius 2 is 1.76 bits per heavy atom. The summed E-state index contributed by atoms with van der Waals surface area (Å²) in [7, 11) is 0. The number of hydrogen-bond donors (Lipinski definition) is 1. The lowest BCUT2D eigenvalue weighted by atomic mass is 9.84. The molecule has 0 saturated carbocycles. The third kappa shape index (κ3) is 4.59. The number of carbonyl (C=O) groups excluding carboxylic acids is 2. The third-order valence-electron chi connectivity index (χ3n) is 6.16. The normalized spacial score (nSPS) is 18.8. The number of carboxylic acid groups (broad SMARTS) is 1. The number of aromatic nitrogens is 1. The predicted molar refractivity (Wildman–Crippen MR) is 129 cm³/mol. The SMILES string of the molecule is CC(C)(C)OC(=O)N1CCN2C(=O)N(c3nc(-c4ccc(C(C)(C)C(=O)O)cc4)cs3)C[C@@H]2C1. The standard InChI is InChI=1S/C24H30N4O5S/c1-23(2,3)33-22(32)26-10-11-27-17(12-26)13-28(21(27)31)20-25-18(14-34-20)15-6-8-16(9-7-15)24(4,5)19(29)30/h6-9,14,17H,10-13H2,1-5H3,(H,29,30)/t17-/m0/s1. The molecule has 10 heteroatoms. The zero-order valence-electron chi connectivity index (χ0n) is 20.1. The van der Waals surface area contributed by atoms with Gasteiger partial charge in [-0.05, 0) is 40.2 Å². The molecule has 3 amide bonds. The molecule has 1 aromatic carbocycles. The van der Waals surface area contributed by atoms with Crippen molar-refractivity contribution in [2.24, 2.45) is 0 Å². The van der Waals surface area contributed by atoms with Crippen molar-refractivity contribution in [1.82, 2.24) is 14.8 Å². The Hall–Kier alpha value is -3.14. The number of aliphatic carboxylic acids is 1. The van der Waals surface area contributed by atoms with E-state index in [9.17, 15) is 19.5 Å². The van der Waals surface area contributed by atoms with E-state index in [1.807, 2.05) is 38.3 Å². The van der Waals surface area contributed by atoms with E-state index >= 15 is 0 Å². The van der Waals surface area contributed by atoms with Gasteiger partial charge < -0.3 is 19.6 Å². The number of anilines is 1. The molecule has 2 aliphatic rings. The molecular weight excluding hydrogens is 456 g/mol. The number of benzene rings is 1. The second-order valence-electron chi connectivity index (χ2n) is 10.2. The van der Waals surface area contributed by atoms with Crippen molar-refractivity contribution < 1.29 is 24.2 Å². The number of thiazole rings is 1. The topological polar surface area (TPSA) is 103 Å². The smallest absolute Gasteiger partial charge is 0.410 e. The summed E-state index contributed by atoms with van der Waals surface area (Å²) in [4.78, 5) is 46.8. The number of nitrogens with zero attached hydrogens (tertiary/aromatic N) is 4. The first-order valence-corrected chi connectivity index (χ1v) is 12.1. The lowest BCUT2D eigenvalue weighted by Crippen LogP contribution is -2.54. The molecule has 34 heavy (non-hydrogen) atoms. The minimum Gasteiger partial charge on any atom is -0.481 e. The first kappa shape index (κ1) is 24.0. The second kappa shape index (κ2) is 8.57. The fourth-order valence-corrected chi connectivity index (χ4v) is 4.90. The van der Waals surface area contributed by atoms with Gasteiger partial charge in [-0.2, -0.15) is 0 Å². The molecule has 2 saturated heterocycles. The monoisotopic (exact) mass is 486 g/mol. The van der Waals surface area contributed by atoms with Gasteiger partial charge in [-0.25, -0.2) is 14.6 Å². The number of carbonyl (C=O) groups is 3. The van der Waals surface area contributed by atoms with E-state index in [1.54, 1.807) is 40.7 Å². The molecule has 0 aliphatic carbocycles.